The Morgan fingerprint density at radius 1 is 1.75 bits per heavy atom. The third-order valence-electron chi connectivity index (χ3n) is 2.11. The van der Waals surface area contributed by atoms with Crippen molar-refractivity contribution in [2.75, 3.05) is 5.73 Å². The molecule has 0 aromatic carbocycles. The van der Waals surface area contributed by atoms with Crippen molar-refractivity contribution in [2.24, 2.45) is 5.16 Å². The van der Waals surface area contributed by atoms with E-state index in [9.17, 15) is 4.79 Å². The van der Waals surface area contributed by atoms with Gasteiger partial charge in [0.15, 0.2) is 10.8 Å². The maximum atomic E-state index is 10.7. The van der Waals surface area contributed by atoms with Crippen LogP contribution in [0.4, 0.5) is 5.13 Å². The van der Waals surface area contributed by atoms with Crippen LogP contribution in [0.2, 0.25) is 0 Å². The third-order valence-corrected chi connectivity index (χ3v) is 2.78. The molecule has 1 heterocycles. The average Bonchev–Trinajstić information content (AvgIpc) is 2.91. The molecule has 0 fully saturated rings. The van der Waals surface area contributed by atoms with E-state index in [2.05, 4.69) is 10.1 Å². The number of hydrogen-bond acceptors (Lipinski definition) is 6. The SMILES string of the molecule is Nc1nc(C([C]=O)=NOC2C=CCC2)cs1. The number of nitrogens with zero attached hydrogens (tertiary/aromatic N) is 2. The molecule has 16 heavy (non-hydrogen) atoms. The topological polar surface area (TPSA) is 77.6 Å². The number of carbonyl (C=O) groups excluding carboxylic acids is 1. The van der Waals surface area contributed by atoms with Crippen LogP contribution in [-0.4, -0.2) is 23.1 Å². The molecule has 6 heteroatoms. The number of allylic oxidation sites excluding steroid dienone is 1. The molecular formula is C10H10N3O2S. The first-order chi connectivity index (χ1) is 7.79. The highest BCUT2D eigenvalue weighted by molar-refractivity contribution is 7.13. The molecule has 1 unspecified atom stereocenters. The van der Waals surface area contributed by atoms with Crippen LogP contribution in [0.5, 0.6) is 0 Å². The van der Waals surface area contributed by atoms with Gasteiger partial charge in [-0.05, 0) is 18.9 Å². The molecule has 0 spiro atoms. The summed E-state index contributed by atoms with van der Waals surface area (Å²) in [5.41, 5.74) is 5.91. The monoisotopic (exact) mass is 236 g/mol. The lowest BCUT2D eigenvalue weighted by atomic mass is 10.3. The second kappa shape index (κ2) is 4.89. The molecule has 2 N–H and O–H groups in total. The number of aromatic nitrogens is 1. The van der Waals surface area contributed by atoms with Gasteiger partial charge < -0.3 is 10.6 Å². The Kier molecular flexibility index (Phi) is 3.31. The molecule has 0 bridgehead atoms. The van der Waals surface area contributed by atoms with Gasteiger partial charge >= 0.3 is 0 Å². The van der Waals surface area contributed by atoms with E-state index in [1.807, 2.05) is 12.2 Å². The first-order valence-electron chi connectivity index (χ1n) is 4.79. The highest BCUT2D eigenvalue weighted by Gasteiger charge is 2.12. The highest BCUT2D eigenvalue weighted by atomic mass is 32.1. The Hall–Kier alpha value is -1.69. The fraction of sp³-hybridized carbons (Fsp3) is 0.300. The van der Waals surface area contributed by atoms with Crippen LogP contribution >= 0.6 is 11.3 Å². The molecule has 1 aliphatic rings. The molecule has 83 valence electrons. The summed E-state index contributed by atoms with van der Waals surface area (Å²) in [5.74, 6) is 0. The lowest BCUT2D eigenvalue weighted by Crippen LogP contribution is -2.08. The fourth-order valence-electron chi connectivity index (χ4n) is 1.33. The molecule has 0 aliphatic heterocycles. The first-order valence-corrected chi connectivity index (χ1v) is 5.67. The molecule has 0 saturated heterocycles. The predicted octanol–water partition coefficient (Wildman–Crippen LogP) is 1.27. The number of hydrogen-bond donors (Lipinski definition) is 1. The summed E-state index contributed by atoms with van der Waals surface area (Å²) in [6, 6.07) is 0. The maximum Gasteiger partial charge on any atom is 0.259 e. The minimum atomic E-state index is -0.0562. The lowest BCUT2D eigenvalue weighted by Gasteiger charge is -2.04. The zero-order valence-electron chi connectivity index (χ0n) is 8.42. The van der Waals surface area contributed by atoms with E-state index in [-0.39, 0.29) is 11.8 Å². The van der Waals surface area contributed by atoms with Crippen molar-refractivity contribution in [3.05, 3.63) is 23.2 Å². The summed E-state index contributed by atoms with van der Waals surface area (Å²) in [6.07, 6.45) is 7.44. The van der Waals surface area contributed by atoms with E-state index in [0.29, 0.717) is 10.8 Å². The van der Waals surface area contributed by atoms with Gasteiger partial charge in [-0.2, -0.15) is 0 Å². The summed E-state index contributed by atoms with van der Waals surface area (Å²) in [5, 5.41) is 5.77. The summed E-state index contributed by atoms with van der Waals surface area (Å²) in [7, 11) is 0. The molecule has 1 radical (unpaired) electrons. The minimum absolute atomic E-state index is 0.0493. The van der Waals surface area contributed by atoms with Crippen molar-refractivity contribution in [1.29, 1.82) is 0 Å². The molecule has 0 saturated carbocycles. The van der Waals surface area contributed by atoms with Gasteiger partial charge in [0.2, 0.25) is 0 Å². The minimum Gasteiger partial charge on any atom is -0.388 e. The second-order valence-electron chi connectivity index (χ2n) is 3.26. The van der Waals surface area contributed by atoms with Crippen molar-refractivity contribution in [3.8, 4) is 0 Å². The van der Waals surface area contributed by atoms with Crippen molar-refractivity contribution < 1.29 is 9.63 Å². The molecule has 1 aromatic rings. The number of nitrogens with two attached hydrogens (primary N) is 1. The average molecular weight is 236 g/mol. The summed E-state index contributed by atoms with van der Waals surface area (Å²) >= 11 is 1.24. The predicted molar refractivity (Wildman–Crippen MR) is 62.0 cm³/mol. The van der Waals surface area contributed by atoms with E-state index in [4.69, 9.17) is 10.6 Å². The van der Waals surface area contributed by atoms with E-state index in [1.165, 1.54) is 11.3 Å². The van der Waals surface area contributed by atoms with E-state index in [0.717, 1.165) is 12.8 Å². The maximum absolute atomic E-state index is 10.7. The normalized spacial score (nSPS) is 20.0. The molecule has 5 nitrogen and oxygen atoms in total. The van der Waals surface area contributed by atoms with Gasteiger partial charge in [-0.1, -0.05) is 11.2 Å². The molecular weight excluding hydrogens is 226 g/mol. The molecule has 0 amide bonds. The lowest BCUT2D eigenvalue weighted by molar-refractivity contribution is 0.0932. The van der Waals surface area contributed by atoms with Gasteiger partial charge in [-0.25, -0.2) is 4.98 Å². The fourth-order valence-corrected chi connectivity index (χ4v) is 1.87. The zero-order chi connectivity index (χ0) is 11.4. The van der Waals surface area contributed by atoms with Crippen molar-refractivity contribution >= 4 is 28.5 Å². The number of thiazole rings is 1. The quantitative estimate of drug-likeness (QED) is 0.485. The van der Waals surface area contributed by atoms with Gasteiger partial charge in [0.25, 0.3) is 6.29 Å². The number of nitrogen functional groups attached to an aromatic ring is 1. The Balaban J connectivity index is 2.06. The van der Waals surface area contributed by atoms with E-state index in [1.54, 1.807) is 11.7 Å². The summed E-state index contributed by atoms with van der Waals surface area (Å²) in [4.78, 5) is 19.8. The van der Waals surface area contributed by atoms with Crippen molar-refractivity contribution in [1.82, 2.24) is 4.98 Å². The number of anilines is 1. The molecule has 1 aliphatic carbocycles. The van der Waals surface area contributed by atoms with Crippen LogP contribution in [0.15, 0.2) is 22.7 Å². The van der Waals surface area contributed by atoms with Gasteiger partial charge in [0, 0.05) is 5.38 Å². The number of oxime groups is 1. The first kappa shape index (κ1) is 10.8. The Morgan fingerprint density at radius 2 is 2.62 bits per heavy atom. The highest BCUT2D eigenvalue weighted by Crippen LogP contribution is 2.15. The summed E-state index contributed by atoms with van der Waals surface area (Å²) in [6.45, 7) is 0. The molecule has 2 rings (SSSR count). The van der Waals surface area contributed by atoms with Crippen LogP contribution < -0.4 is 5.73 Å². The number of rotatable bonds is 4. The zero-order valence-corrected chi connectivity index (χ0v) is 9.24. The van der Waals surface area contributed by atoms with E-state index >= 15 is 0 Å². The Labute approximate surface area is 96.6 Å². The Bertz CT molecular complexity index is 439. The largest absolute Gasteiger partial charge is 0.388 e. The van der Waals surface area contributed by atoms with Crippen molar-refractivity contribution in [2.45, 2.75) is 18.9 Å². The second-order valence-corrected chi connectivity index (χ2v) is 4.15. The third kappa shape index (κ3) is 2.46. The van der Waals surface area contributed by atoms with Crippen LogP contribution in [0, 0.1) is 0 Å². The molecule has 1 atom stereocenters. The summed E-state index contributed by atoms with van der Waals surface area (Å²) < 4.78 is 0. The van der Waals surface area contributed by atoms with Gasteiger partial charge in [0.1, 0.15) is 11.8 Å². The van der Waals surface area contributed by atoms with Crippen molar-refractivity contribution in [3.63, 3.8) is 0 Å². The van der Waals surface area contributed by atoms with Crippen LogP contribution in [0.1, 0.15) is 18.5 Å². The smallest absolute Gasteiger partial charge is 0.259 e. The van der Waals surface area contributed by atoms with Crippen LogP contribution in [0.25, 0.3) is 0 Å². The van der Waals surface area contributed by atoms with Gasteiger partial charge in [-0.15, -0.1) is 11.3 Å². The van der Waals surface area contributed by atoms with Crippen LogP contribution in [0.3, 0.4) is 0 Å². The van der Waals surface area contributed by atoms with E-state index < -0.39 is 0 Å². The van der Waals surface area contributed by atoms with Gasteiger partial charge in [0.05, 0.1) is 0 Å². The van der Waals surface area contributed by atoms with Gasteiger partial charge in [-0.3, -0.25) is 4.79 Å². The molecule has 1 aromatic heterocycles. The van der Waals surface area contributed by atoms with Crippen LogP contribution in [-0.2, 0) is 9.63 Å². The standard InChI is InChI=1S/C10H10N3O2S/c11-10-12-9(6-16-10)8(5-14)13-15-7-3-1-2-4-7/h1,3,6-7H,2,4H2,(H2,11,12). The Morgan fingerprint density at radius 3 is 3.19 bits per heavy atom.